The second-order valence-corrected chi connectivity index (χ2v) is 5.81. The fourth-order valence-corrected chi connectivity index (χ4v) is 3.14. The molecule has 2 aliphatic heterocycles. The number of β-amino-alcohol motifs (C(OH)–C–C–N with tert-alkyl or cyclic N) is 1. The summed E-state index contributed by atoms with van der Waals surface area (Å²) >= 11 is 0. The molecule has 0 unspecified atom stereocenters. The number of nitrogens with one attached hydrogen (secondary N) is 1. The van der Waals surface area contributed by atoms with Gasteiger partial charge in [0, 0.05) is 26.7 Å². The van der Waals surface area contributed by atoms with Gasteiger partial charge in [-0.15, -0.1) is 0 Å². The minimum absolute atomic E-state index is 0.533. The van der Waals surface area contributed by atoms with Crippen LogP contribution in [0.5, 0.6) is 0 Å². The van der Waals surface area contributed by atoms with Gasteiger partial charge in [0.15, 0.2) is 0 Å². The molecule has 0 atom stereocenters. The van der Waals surface area contributed by atoms with Crippen molar-refractivity contribution in [1.82, 2.24) is 5.32 Å². The minimum atomic E-state index is -0.533. The number of aliphatic hydroxyl groups is 1. The Morgan fingerprint density at radius 2 is 1.84 bits per heavy atom. The summed E-state index contributed by atoms with van der Waals surface area (Å²) in [5, 5.41) is 14.0. The van der Waals surface area contributed by atoms with Crippen LogP contribution in [0.3, 0.4) is 0 Å². The van der Waals surface area contributed by atoms with Gasteiger partial charge in [-0.25, -0.2) is 0 Å². The van der Waals surface area contributed by atoms with Gasteiger partial charge in [-0.1, -0.05) is 12.1 Å². The lowest BCUT2D eigenvalue weighted by atomic mass is 9.91. The quantitative estimate of drug-likeness (QED) is 0.835. The highest BCUT2D eigenvalue weighted by atomic mass is 16.3. The molecule has 0 saturated carbocycles. The Labute approximate surface area is 115 Å². The molecule has 3 rings (SSSR count). The van der Waals surface area contributed by atoms with E-state index in [0.29, 0.717) is 0 Å². The van der Waals surface area contributed by atoms with Gasteiger partial charge < -0.3 is 20.2 Å². The number of anilines is 2. The first-order valence-corrected chi connectivity index (χ1v) is 7.16. The van der Waals surface area contributed by atoms with Crippen molar-refractivity contribution in [3.8, 4) is 0 Å². The van der Waals surface area contributed by atoms with Crippen molar-refractivity contribution in [2.24, 2.45) is 0 Å². The van der Waals surface area contributed by atoms with E-state index in [-0.39, 0.29) is 0 Å². The Hall–Kier alpha value is -1.26. The van der Waals surface area contributed by atoms with Crippen molar-refractivity contribution >= 4 is 11.4 Å². The van der Waals surface area contributed by atoms with Crippen LogP contribution in [-0.4, -0.2) is 50.5 Å². The summed E-state index contributed by atoms with van der Waals surface area (Å²) in [6.45, 7) is 4.60. The van der Waals surface area contributed by atoms with Crippen molar-refractivity contribution in [2.75, 3.05) is 49.6 Å². The van der Waals surface area contributed by atoms with E-state index in [1.165, 1.54) is 11.4 Å². The number of para-hydroxylation sites is 2. The lowest BCUT2D eigenvalue weighted by Crippen LogP contribution is -2.52. The van der Waals surface area contributed by atoms with E-state index in [0.717, 1.165) is 45.6 Å². The topological polar surface area (TPSA) is 38.7 Å². The van der Waals surface area contributed by atoms with Crippen LogP contribution in [-0.2, 0) is 0 Å². The average molecular weight is 261 g/mol. The Balaban J connectivity index is 1.80. The second-order valence-electron chi connectivity index (χ2n) is 5.81. The molecular weight excluding hydrogens is 238 g/mol. The molecule has 0 bridgehead atoms. The van der Waals surface area contributed by atoms with Crippen LogP contribution in [0.2, 0.25) is 0 Å². The van der Waals surface area contributed by atoms with E-state index < -0.39 is 5.60 Å². The fourth-order valence-electron chi connectivity index (χ4n) is 3.14. The van der Waals surface area contributed by atoms with E-state index in [2.05, 4.69) is 46.4 Å². The smallest absolute Gasteiger partial charge is 0.0845 e. The average Bonchev–Trinajstić information content (AvgIpc) is 2.43. The van der Waals surface area contributed by atoms with Crippen molar-refractivity contribution in [1.29, 1.82) is 0 Å². The van der Waals surface area contributed by atoms with Crippen molar-refractivity contribution in [2.45, 2.75) is 18.4 Å². The molecule has 0 aromatic heterocycles. The van der Waals surface area contributed by atoms with Gasteiger partial charge in [0.2, 0.25) is 0 Å². The molecule has 2 heterocycles. The first kappa shape index (κ1) is 12.8. The molecule has 0 aliphatic carbocycles. The normalized spacial score (nSPS) is 22.2. The van der Waals surface area contributed by atoms with Crippen LogP contribution in [0.25, 0.3) is 0 Å². The molecule has 1 aromatic carbocycles. The van der Waals surface area contributed by atoms with E-state index in [1.54, 1.807) is 0 Å². The van der Waals surface area contributed by atoms with E-state index in [4.69, 9.17) is 0 Å². The van der Waals surface area contributed by atoms with Crippen molar-refractivity contribution in [3.63, 3.8) is 0 Å². The Morgan fingerprint density at radius 1 is 1.16 bits per heavy atom. The van der Waals surface area contributed by atoms with Crippen LogP contribution in [0, 0.1) is 0 Å². The van der Waals surface area contributed by atoms with Gasteiger partial charge in [-0.2, -0.15) is 0 Å². The zero-order chi connectivity index (χ0) is 13.3. The third-order valence-electron chi connectivity index (χ3n) is 4.36. The number of nitrogens with zero attached hydrogens (tertiary/aromatic N) is 2. The van der Waals surface area contributed by atoms with Gasteiger partial charge in [0.25, 0.3) is 0 Å². The van der Waals surface area contributed by atoms with Crippen LogP contribution in [0.15, 0.2) is 24.3 Å². The molecule has 1 aromatic rings. The maximum Gasteiger partial charge on any atom is 0.0845 e. The molecule has 1 saturated heterocycles. The van der Waals surface area contributed by atoms with Crippen LogP contribution >= 0.6 is 0 Å². The van der Waals surface area contributed by atoms with Gasteiger partial charge in [0.05, 0.1) is 17.0 Å². The summed E-state index contributed by atoms with van der Waals surface area (Å²) in [4.78, 5) is 4.64. The maximum atomic E-state index is 10.7. The molecule has 0 amide bonds. The van der Waals surface area contributed by atoms with Gasteiger partial charge >= 0.3 is 0 Å². The SMILES string of the molecule is CN1CCN(CC2(O)CCNCC2)c2ccccc21. The number of benzene rings is 1. The zero-order valence-corrected chi connectivity index (χ0v) is 11.6. The van der Waals surface area contributed by atoms with E-state index >= 15 is 0 Å². The molecule has 2 N–H and O–H groups in total. The Morgan fingerprint density at radius 3 is 2.58 bits per heavy atom. The zero-order valence-electron chi connectivity index (χ0n) is 11.6. The number of hydrogen-bond donors (Lipinski definition) is 2. The van der Waals surface area contributed by atoms with E-state index in [1.807, 2.05) is 0 Å². The lowest BCUT2D eigenvalue weighted by molar-refractivity contribution is 0.0173. The summed E-state index contributed by atoms with van der Waals surface area (Å²) in [6.07, 6.45) is 1.70. The molecular formula is C15H23N3O. The molecule has 4 nitrogen and oxygen atoms in total. The first-order chi connectivity index (χ1) is 9.18. The number of piperidine rings is 1. The van der Waals surface area contributed by atoms with Crippen molar-refractivity contribution < 1.29 is 5.11 Å². The molecule has 104 valence electrons. The largest absolute Gasteiger partial charge is 0.388 e. The molecule has 19 heavy (non-hydrogen) atoms. The van der Waals surface area contributed by atoms with Crippen LogP contribution < -0.4 is 15.1 Å². The monoisotopic (exact) mass is 261 g/mol. The number of hydrogen-bond acceptors (Lipinski definition) is 4. The third kappa shape index (κ3) is 2.55. The maximum absolute atomic E-state index is 10.7. The number of likely N-dealkylation sites (N-methyl/N-ethyl adjacent to an activating group) is 1. The fraction of sp³-hybridized carbons (Fsp3) is 0.600. The summed E-state index contributed by atoms with van der Waals surface area (Å²) in [5.74, 6) is 0. The summed E-state index contributed by atoms with van der Waals surface area (Å²) in [7, 11) is 2.13. The molecule has 0 radical (unpaired) electrons. The predicted octanol–water partition coefficient (Wildman–Crippen LogP) is 1.06. The summed E-state index contributed by atoms with van der Waals surface area (Å²) < 4.78 is 0. The lowest BCUT2D eigenvalue weighted by Gasteiger charge is -2.42. The minimum Gasteiger partial charge on any atom is -0.388 e. The van der Waals surface area contributed by atoms with Crippen molar-refractivity contribution in [3.05, 3.63) is 24.3 Å². The predicted molar refractivity (Wildman–Crippen MR) is 79.0 cm³/mol. The van der Waals surface area contributed by atoms with Crippen LogP contribution in [0.4, 0.5) is 11.4 Å². The molecule has 2 aliphatic rings. The highest BCUT2D eigenvalue weighted by molar-refractivity contribution is 5.73. The van der Waals surface area contributed by atoms with Crippen LogP contribution in [0.1, 0.15) is 12.8 Å². The Bertz CT molecular complexity index is 443. The standard InChI is InChI=1S/C15H23N3O/c1-17-10-11-18(14-5-3-2-4-13(14)17)12-15(19)6-8-16-9-7-15/h2-5,16,19H,6-12H2,1H3. The molecule has 0 spiro atoms. The van der Waals surface area contributed by atoms with Gasteiger partial charge in [-0.3, -0.25) is 0 Å². The highest BCUT2D eigenvalue weighted by Gasteiger charge is 2.33. The van der Waals surface area contributed by atoms with Gasteiger partial charge in [-0.05, 0) is 38.1 Å². The van der Waals surface area contributed by atoms with E-state index in [9.17, 15) is 5.11 Å². The van der Waals surface area contributed by atoms with Gasteiger partial charge in [0.1, 0.15) is 0 Å². The highest BCUT2D eigenvalue weighted by Crippen LogP contribution is 2.33. The third-order valence-corrected chi connectivity index (χ3v) is 4.36. The summed E-state index contributed by atoms with van der Waals surface area (Å²) in [5.41, 5.74) is 1.99. The number of rotatable bonds is 2. The molecule has 1 fully saturated rings. The Kier molecular flexibility index (Phi) is 3.37. The number of fused-ring (bicyclic) bond motifs is 1. The first-order valence-electron chi connectivity index (χ1n) is 7.16. The molecule has 4 heteroatoms. The summed E-state index contributed by atoms with van der Waals surface area (Å²) in [6, 6.07) is 8.49. The second kappa shape index (κ2) is 5.02.